The number of rotatable bonds is 4. The maximum atomic E-state index is 12.9. The highest BCUT2D eigenvalue weighted by molar-refractivity contribution is 8.14. The summed E-state index contributed by atoms with van der Waals surface area (Å²) in [5, 5.41) is 11.2. The van der Waals surface area contributed by atoms with Gasteiger partial charge in [0.25, 0.3) is 11.6 Å². The van der Waals surface area contributed by atoms with Crippen molar-refractivity contribution in [3.63, 3.8) is 0 Å². The van der Waals surface area contributed by atoms with Gasteiger partial charge in [-0.1, -0.05) is 43.2 Å². The lowest BCUT2D eigenvalue weighted by Gasteiger charge is -2.32. The lowest BCUT2D eigenvalue weighted by atomic mass is 9.94. The highest BCUT2D eigenvalue weighted by Gasteiger charge is 2.39. The third-order valence-electron chi connectivity index (χ3n) is 5.15. The molecule has 146 valence electrons. The van der Waals surface area contributed by atoms with Crippen molar-refractivity contribution >= 4 is 42.1 Å². The Morgan fingerprint density at radius 1 is 1.18 bits per heavy atom. The molecule has 1 saturated carbocycles. The summed E-state index contributed by atoms with van der Waals surface area (Å²) in [5.41, 5.74) is 0.403. The normalized spacial score (nSPS) is 22.2. The first kappa shape index (κ1) is 19.1. The summed E-state index contributed by atoms with van der Waals surface area (Å²) in [6.45, 7) is 0. The average molecular weight is 417 g/mol. The van der Waals surface area contributed by atoms with Gasteiger partial charge in [-0.2, -0.15) is 0 Å². The molecule has 1 aromatic heterocycles. The SMILES string of the molecule is O=C1/C(=C/c2ccc(-c3ccccc3[N+](=O)[O-])o2)SC(S)N1C1CCCCC1. The minimum Gasteiger partial charge on any atom is -0.456 e. The zero-order valence-electron chi connectivity index (χ0n) is 15.1. The molecule has 1 atom stereocenters. The Kier molecular flexibility index (Phi) is 5.50. The number of carbonyl (C=O) groups is 1. The number of thiol groups is 1. The first-order valence-corrected chi connectivity index (χ1v) is 10.7. The van der Waals surface area contributed by atoms with Crippen LogP contribution >= 0.6 is 24.4 Å². The van der Waals surface area contributed by atoms with E-state index in [9.17, 15) is 14.9 Å². The van der Waals surface area contributed by atoms with Gasteiger partial charge in [-0.3, -0.25) is 14.9 Å². The lowest BCUT2D eigenvalue weighted by molar-refractivity contribution is -0.384. The first-order valence-electron chi connectivity index (χ1n) is 9.27. The number of carbonyl (C=O) groups excluding carboxylic acids is 1. The van der Waals surface area contributed by atoms with Crippen molar-refractivity contribution < 1.29 is 14.1 Å². The van der Waals surface area contributed by atoms with Crippen molar-refractivity contribution in [2.24, 2.45) is 0 Å². The molecule has 1 saturated heterocycles. The molecule has 2 aromatic rings. The second-order valence-corrected chi connectivity index (χ2v) is 8.89. The fourth-order valence-electron chi connectivity index (χ4n) is 3.80. The summed E-state index contributed by atoms with van der Waals surface area (Å²) in [6.07, 6.45) is 7.29. The molecule has 4 rings (SSSR count). The number of nitro benzene ring substituents is 1. The van der Waals surface area contributed by atoms with E-state index in [1.165, 1.54) is 24.2 Å². The van der Waals surface area contributed by atoms with Gasteiger partial charge in [-0.25, -0.2) is 0 Å². The van der Waals surface area contributed by atoms with Crippen LogP contribution in [0.15, 0.2) is 45.7 Å². The Morgan fingerprint density at radius 2 is 1.93 bits per heavy atom. The van der Waals surface area contributed by atoms with Crippen LogP contribution in [-0.4, -0.2) is 26.5 Å². The summed E-state index contributed by atoms with van der Waals surface area (Å²) < 4.78 is 5.61. The molecule has 6 nitrogen and oxygen atoms in total. The second kappa shape index (κ2) is 8.05. The van der Waals surface area contributed by atoms with Crippen LogP contribution in [0.25, 0.3) is 17.4 Å². The standard InChI is InChI=1S/C20H20N2O4S2/c23-19-18(28-20(27)21(19)13-6-2-1-3-7-13)12-14-10-11-17(26-14)15-8-4-5-9-16(15)22(24)25/h4-5,8-13,20,27H,1-3,6-7H2/b18-12-. The van der Waals surface area contributed by atoms with Crippen LogP contribution in [0.4, 0.5) is 5.69 Å². The van der Waals surface area contributed by atoms with Crippen LogP contribution in [-0.2, 0) is 4.79 Å². The van der Waals surface area contributed by atoms with E-state index in [-0.39, 0.29) is 22.3 Å². The van der Waals surface area contributed by atoms with Crippen molar-refractivity contribution in [2.75, 3.05) is 0 Å². The Hall–Kier alpha value is -2.19. The number of hydrogen-bond donors (Lipinski definition) is 1. The van der Waals surface area contributed by atoms with Gasteiger partial charge in [-0.05, 0) is 31.0 Å². The van der Waals surface area contributed by atoms with Crippen LogP contribution in [0, 0.1) is 10.1 Å². The maximum Gasteiger partial charge on any atom is 0.280 e. The lowest BCUT2D eigenvalue weighted by Crippen LogP contribution is -2.40. The van der Waals surface area contributed by atoms with Crippen LogP contribution in [0.2, 0.25) is 0 Å². The zero-order chi connectivity index (χ0) is 19.7. The Morgan fingerprint density at radius 3 is 2.68 bits per heavy atom. The van der Waals surface area contributed by atoms with Crippen LogP contribution < -0.4 is 0 Å². The van der Waals surface area contributed by atoms with E-state index in [0.717, 1.165) is 25.7 Å². The third-order valence-corrected chi connectivity index (χ3v) is 6.70. The summed E-state index contributed by atoms with van der Waals surface area (Å²) in [7, 11) is 0. The number of hydrogen-bond acceptors (Lipinski definition) is 6. The monoisotopic (exact) mass is 416 g/mol. The Labute approximate surface area is 172 Å². The van der Waals surface area contributed by atoms with Gasteiger partial charge in [0.05, 0.1) is 15.4 Å². The van der Waals surface area contributed by atoms with Crippen molar-refractivity contribution in [3.05, 3.63) is 57.2 Å². The van der Waals surface area contributed by atoms with Gasteiger partial charge in [0.15, 0.2) is 0 Å². The van der Waals surface area contributed by atoms with Crippen LogP contribution in [0.1, 0.15) is 37.9 Å². The van der Waals surface area contributed by atoms with Crippen molar-refractivity contribution in [2.45, 2.75) is 42.9 Å². The second-order valence-electron chi connectivity index (χ2n) is 6.93. The van der Waals surface area contributed by atoms with E-state index in [2.05, 4.69) is 12.6 Å². The molecule has 2 aliphatic rings. The molecule has 0 bridgehead atoms. The molecule has 28 heavy (non-hydrogen) atoms. The summed E-state index contributed by atoms with van der Waals surface area (Å²) in [4.78, 5) is 26.2. The fourth-order valence-corrected chi connectivity index (χ4v) is 5.43. The molecule has 8 heteroatoms. The van der Waals surface area contributed by atoms with E-state index in [1.807, 2.05) is 4.90 Å². The molecular formula is C20H20N2O4S2. The molecular weight excluding hydrogens is 396 g/mol. The topological polar surface area (TPSA) is 76.6 Å². The van der Waals surface area contributed by atoms with E-state index < -0.39 is 4.92 Å². The number of para-hydroxylation sites is 1. The third kappa shape index (κ3) is 3.71. The smallest absolute Gasteiger partial charge is 0.280 e. The summed E-state index contributed by atoms with van der Waals surface area (Å²) >= 11 is 6.02. The number of furan rings is 1. The average Bonchev–Trinajstić information content (AvgIpc) is 3.27. The predicted molar refractivity (Wildman–Crippen MR) is 113 cm³/mol. The highest BCUT2D eigenvalue weighted by atomic mass is 32.2. The number of benzene rings is 1. The van der Waals surface area contributed by atoms with E-state index >= 15 is 0 Å². The summed E-state index contributed by atoms with van der Waals surface area (Å²) in [6, 6.07) is 10.1. The first-order chi connectivity index (χ1) is 13.5. The quantitative estimate of drug-likeness (QED) is 0.316. The van der Waals surface area contributed by atoms with Crippen molar-refractivity contribution in [3.8, 4) is 11.3 Å². The summed E-state index contributed by atoms with van der Waals surface area (Å²) in [5.74, 6) is 0.886. The Balaban J connectivity index is 1.57. The largest absolute Gasteiger partial charge is 0.456 e. The maximum absolute atomic E-state index is 12.9. The van der Waals surface area contributed by atoms with Gasteiger partial charge in [0, 0.05) is 18.2 Å². The number of amides is 1. The fraction of sp³-hybridized carbons (Fsp3) is 0.350. The number of nitro groups is 1. The van der Waals surface area contributed by atoms with E-state index in [4.69, 9.17) is 4.42 Å². The molecule has 0 radical (unpaired) electrons. The molecule has 1 aliphatic heterocycles. The predicted octanol–water partition coefficient (Wildman–Crippen LogP) is 5.32. The molecule has 1 aromatic carbocycles. The van der Waals surface area contributed by atoms with Gasteiger partial charge >= 0.3 is 0 Å². The van der Waals surface area contributed by atoms with Crippen LogP contribution in [0.3, 0.4) is 0 Å². The van der Waals surface area contributed by atoms with Gasteiger partial charge in [-0.15, -0.1) is 12.6 Å². The molecule has 1 unspecified atom stereocenters. The Bertz CT molecular complexity index is 934. The van der Waals surface area contributed by atoms with Crippen molar-refractivity contribution in [1.82, 2.24) is 4.90 Å². The van der Waals surface area contributed by atoms with Gasteiger partial charge < -0.3 is 9.32 Å². The molecule has 1 amide bonds. The minimum absolute atomic E-state index is 0.0127. The highest BCUT2D eigenvalue weighted by Crippen LogP contribution is 2.42. The molecule has 2 fully saturated rings. The van der Waals surface area contributed by atoms with Gasteiger partial charge in [0.1, 0.15) is 16.2 Å². The van der Waals surface area contributed by atoms with Gasteiger partial charge in [0.2, 0.25) is 0 Å². The number of thioether (sulfide) groups is 1. The van der Waals surface area contributed by atoms with Crippen LogP contribution in [0.5, 0.6) is 0 Å². The zero-order valence-corrected chi connectivity index (χ0v) is 16.8. The molecule has 0 spiro atoms. The van der Waals surface area contributed by atoms with E-state index in [0.29, 0.717) is 22.0 Å². The molecule has 2 heterocycles. The molecule has 0 N–H and O–H groups in total. The van der Waals surface area contributed by atoms with Crippen molar-refractivity contribution in [1.29, 1.82) is 0 Å². The van der Waals surface area contributed by atoms with E-state index in [1.54, 1.807) is 36.4 Å². The minimum atomic E-state index is -0.431. The number of nitrogens with zero attached hydrogens (tertiary/aromatic N) is 2. The molecule has 1 aliphatic carbocycles.